The van der Waals surface area contributed by atoms with E-state index in [1.807, 2.05) is 17.5 Å². The Kier molecular flexibility index (Phi) is 6.11. The number of ether oxygens (including phenoxy) is 1. The van der Waals surface area contributed by atoms with Gasteiger partial charge >= 0.3 is 12.4 Å². The van der Waals surface area contributed by atoms with Gasteiger partial charge in [-0.1, -0.05) is 6.07 Å². The van der Waals surface area contributed by atoms with Crippen LogP contribution >= 0.6 is 11.3 Å². The summed E-state index contributed by atoms with van der Waals surface area (Å²) in [5.41, 5.74) is -1.56. The first-order valence-electron chi connectivity index (χ1n) is 9.48. The number of halogens is 6. The Labute approximate surface area is 188 Å². The van der Waals surface area contributed by atoms with Gasteiger partial charge in [0.05, 0.1) is 21.7 Å². The van der Waals surface area contributed by atoms with Gasteiger partial charge in [0.2, 0.25) is 0 Å². The third-order valence-electron chi connectivity index (χ3n) is 4.59. The lowest BCUT2D eigenvalue weighted by atomic mass is 10.1. The molecule has 0 fully saturated rings. The van der Waals surface area contributed by atoms with E-state index in [1.165, 1.54) is 0 Å². The predicted molar refractivity (Wildman–Crippen MR) is 112 cm³/mol. The van der Waals surface area contributed by atoms with Crippen LogP contribution in [0.3, 0.4) is 0 Å². The Morgan fingerprint density at radius 2 is 1.48 bits per heavy atom. The van der Waals surface area contributed by atoms with Crippen LogP contribution in [0.4, 0.5) is 26.3 Å². The van der Waals surface area contributed by atoms with Crippen molar-refractivity contribution in [3.8, 4) is 27.7 Å². The minimum absolute atomic E-state index is 0.0859. The van der Waals surface area contributed by atoms with Crippen molar-refractivity contribution in [2.75, 3.05) is 0 Å². The zero-order valence-corrected chi connectivity index (χ0v) is 17.4. The monoisotopic (exact) mass is 480 g/mol. The second-order valence-electron chi connectivity index (χ2n) is 6.97. The maximum absolute atomic E-state index is 13.0. The summed E-state index contributed by atoms with van der Waals surface area (Å²) in [5, 5.41) is 1.94. The molecule has 0 N–H and O–H groups in total. The maximum Gasteiger partial charge on any atom is 0.416 e. The lowest BCUT2D eigenvalue weighted by molar-refractivity contribution is -0.143. The van der Waals surface area contributed by atoms with E-state index in [4.69, 9.17) is 4.74 Å². The van der Waals surface area contributed by atoms with E-state index < -0.39 is 30.1 Å². The van der Waals surface area contributed by atoms with Gasteiger partial charge in [0, 0.05) is 11.8 Å². The predicted octanol–water partition coefficient (Wildman–Crippen LogP) is 7.49. The second-order valence-corrected chi connectivity index (χ2v) is 7.92. The lowest BCUT2D eigenvalue weighted by Gasteiger charge is -2.14. The van der Waals surface area contributed by atoms with Gasteiger partial charge < -0.3 is 4.74 Å². The highest BCUT2D eigenvalue weighted by Crippen LogP contribution is 2.36. The SMILES string of the molecule is FC(F)(F)c1cc(COc2ccc(-c3nccc(-c4cccs4)n3)cc2)cc(C(F)(F)F)c1. The van der Waals surface area contributed by atoms with E-state index in [2.05, 4.69) is 9.97 Å². The molecule has 0 bridgehead atoms. The normalized spacial score (nSPS) is 12.1. The highest BCUT2D eigenvalue weighted by Gasteiger charge is 2.36. The van der Waals surface area contributed by atoms with Gasteiger partial charge in [-0.3, -0.25) is 0 Å². The third kappa shape index (κ3) is 5.51. The van der Waals surface area contributed by atoms with Gasteiger partial charge in [-0.15, -0.1) is 11.3 Å². The van der Waals surface area contributed by atoms with Gasteiger partial charge in [0.1, 0.15) is 12.4 Å². The van der Waals surface area contributed by atoms with Crippen molar-refractivity contribution in [1.82, 2.24) is 9.97 Å². The Morgan fingerprint density at radius 1 is 0.818 bits per heavy atom. The number of thiophene rings is 1. The molecule has 0 unspecified atom stereocenters. The Bertz CT molecular complexity index is 1200. The van der Waals surface area contributed by atoms with Crippen molar-refractivity contribution in [3.05, 3.63) is 88.9 Å². The Hall–Kier alpha value is -3.40. The number of benzene rings is 2. The van der Waals surface area contributed by atoms with Crippen molar-refractivity contribution in [3.63, 3.8) is 0 Å². The fourth-order valence-electron chi connectivity index (χ4n) is 3.03. The minimum atomic E-state index is -4.91. The topological polar surface area (TPSA) is 35.0 Å². The summed E-state index contributed by atoms with van der Waals surface area (Å²) in [5.74, 6) is 0.749. The maximum atomic E-state index is 13.0. The molecule has 4 aromatic rings. The molecule has 2 aromatic heterocycles. The highest BCUT2D eigenvalue weighted by molar-refractivity contribution is 7.13. The number of rotatable bonds is 5. The summed E-state index contributed by atoms with van der Waals surface area (Å²) >= 11 is 1.54. The van der Waals surface area contributed by atoms with Crippen LogP contribution in [-0.2, 0) is 19.0 Å². The van der Waals surface area contributed by atoms with Crippen LogP contribution < -0.4 is 4.74 Å². The number of nitrogens with zero attached hydrogens (tertiary/aromatic N) is 2. The first-order valence-corrected chi connectivity index (χ1v) is 10.4. The molecule has 0 aliphatic rings. The van der Waals surface area contributed by atoms with Crippen LogP contribution in [-0.4, -0.2) is 9.97 Å². The first-order chi connectivity index (χ1) is 15.6. The lowest BCUT2D eigenvalue weighted by Crippen LogP contribution is -2.12. The molecule has 0 amide bonds. The zero-order chi connectivity index (χ0) is 23.6. The molecule has 4 rings (SSSR count). The Balaban J connectivity index is 1.51. The summed E-state index contributed by atoms with van der Waals surface area (Å²) < 4.78 is 83.4. The molecule has 10 heteroatoms. The van der Waals surface area contributed by atoms with E-state index in [-0.39, 0.29) is 17.4 Å². The van der Waals surface area contributed by atoms with Crippen molar-refractivity contribution < 1.29 is 31.1 Å². The number of hydrogen-bond donors (Lipinski definition) is 0. The standard InChI is InChI=1S/C23H14F6N2OS/c24-22(25,26)16-10-14(11-17(12-16)23(27,28)29)13-32-18-5-3-15(4-6-18)21-30-8-7-19(31-21)20-2-1-9-33-20/h1-12H,13H2. The first kappa shape index (κ1) is 22.8. The van der Waals surface area contributed by atoms with Crippen LogP contribution in [0.25, 0.3) is 22.0 Å². The van der Waals surface area contributed by atoms with Crippen LogP contribution in [0.2, 0.25) is 0 Å². The minimum Gasteiger partial charge on any atom is -0.489 e. The fourth-order valence-corrected chi connectivity index (χ4v) is 3.72. The zero-order valence-electron chi connectivity index (χ0n) is 16.6. The molecule has 33 heavy (non-hydrogen) atoms. The summed E-state index contributed by atoms with van der Waals surface area (Å²) in [7, 11) is 0. The van der Waals surface area contributed by atoms with Crippen molar-refractivity contribution in [2.45, 2.75) is 19.0 Å². The Morgan fingerprint density at radius 3 is 2.06 bits per heavy atom. The summed E-state index contributed by atoms with van der Waals surface area (Å²) in [6.07, 6.45) is -8.18. The summed E-state index contributed by atoms with van der Waals surface area (Å²) in [6, 6.07) is 13.4. The van der Waals surface area contributed by atoms with E-state index in [9.17, 15) is 26.3 Å². The molecule has 0 saturated heterocycles. The van der Waals surface area contributed by atoms with Gasteiger partial charge in [-0.2, -0.15) is 26.3 Å². The highest BCUT2D eigenvalue weighted by atomic mass is 32.1. The van der Waals surface area contributed by atoms with Crippen LogP contribution in [0.1, 0.15) is 16.7 Å². The third-order valence-corrected chi connectivity index (χ3v) is 5.49. The van der Waals surface area contributed by atoms with E-state index >= 15 is 0 Å². The molecule has 0 spiro atoms. The molecular weight excluding hydrogens is 466 g/mol. The van der Waals surface area contributed by atoms with Gasteiger partial charge in [0.15, 0.2) is 5.82 Å². The number of aromatic nitrogens is 2. The van der Waals surface area contributed by atoms with Crippen LogP contribution in [0.5, 0.6) is 5.75 Å². The van der Waals surface area contributed by atoms with Gasteiger partial charge in [-0.05, 0) is 65.5 Å². The average Bonchev–Trinajstić information content (AvgIpc) is 3.32. The molecule has 170 valence electrons. The quantitative estimate of drug-likeness (QED) is 0.278. The van der Waals surface area contributed by atoms with Crippen molar-refractivity contribution in [1.29, 1.82) is 0 Å². The molecule has 2 aromatic carbocycles. The second kappa shape index (κ2) is 8.86. The fraction of sp³-hybridized carbons (Fsp3) is 0.130. The summed E-state index contributed by atoms with van der Waals surface area (Å²) in [4.78, 5) is 9.75. The molecule has 0 aliphatic heterocycles. The molecular formula is C23H14F6N2OS. The van der Waals surface area contributed by atoms with E-state index in [1.54, 1.807) is 47.9 Å². The molecule has 0 radical (unpaired) electrons. The van der Waals surface area contributed by atoms with Gasteiger partial charge in [-0.25, -0.2) is 9.97 Å². The smallest absolute Gasteiger partial charge is 0.416 e. The van der Waals surface area contributed by atoms with E-state index in [0.717, 1.165) is 10.6 Å². The van der Waals surface area contributed by atoms with Crippen LogP contribution in [0.15, 0.2) is 72.2 Å². The van der Waals surface area contributed by atoms with Crippen molar-refractivity contribution >= 4 is 11.3 Å². The van der Waals surface area contributed by atoms with Gasteiger partial charge in [0.25, 0.3) is 0 Å². The largest absolute Gasteiger partial charge is 0.489 e. The van der Waals surface area contributed by atoms with E-state index in [0.29, 0.717) is 23.5 Å². The molecule has 0 saturated carbocycles. The molecule has 0 atom stereocenters. The number of alkyl halides is 6. The molecule has 2 heterocycles. The van der Waals surface area contributed by atoms with Crippen LogP contribution in [0, 0.1) is 0 Å². The molecule has 3 nitrogen and oxygen atoms in total. The summed E-state index contributed by atoms with van der Waals surface area (Å²) in [6.45, 7) is -0.462. The average molecular weight is 480 g/mol. The number of hydrogen-bond acceptors (Lipinski definition) is 4. The van der Waals surface area contributed by atoms with Crippen molar-refractivity contribution in [2.24, 2.45) is 0 Å². The molecule has 0 aliphatic carbocycles.